The van der Waals surface area contributed by atoms with Crippen LogP contribution in [-0.2, 0) is 14.3 Å². The van der Waals surface area contributed by atoms with Gasteiger partial charge in [0.1, 0.15) is 0 Å². The number of esters is 1. The summed E-state index contributed by atoms with van der Waals surface area (Å²) >= 11 is 0. The molecule has 3 heteroatoms. The molecule has 1 unspecified atom stereocenters. The van der Waals surface area contributed by atoms with Gasteiger partial charge in [-0.1, -0.05) is 68.4 Å². The molecule has 0 N–H and O–H groups in total. The van der Waals surface area contributed by atoms with Crippen LogP contribution in [0.1, 0.15) is 78.1 Å². The van der Waals surface area contributed by atoms with Crippen molar-refractivity contribution in [1.29, 1.82) is 0 Å². The first-order valence-corrected chi connectivity index (χ1v) is 10.0. The van der Waals surface area contributed by atoms with Crippen LogP contribution in [0.2, 0.25) is 0 Å². The number of unbranched alkanes of at least 4 members (excludes halogenated alkanes) is 4. The van der Waals surface area contributed by atoms with E-state index in [1.54, 1.807) is 6.92 Å². The zero-order chi connectivity index (χ0) is 19.3. The number of rotatable bonds is 16. The van der Waals surface area contributed by atoms with Crippen molar-refractivity contribution in [3.63, 3.8) is 0 Å². The largest absolute Gasteiger partial charge is 0.436 e. The average Bonchev–Trinajstić information content (AvgIpc) is 2.64. The van der Waals surface area contributed by atoms with Gasteiger partial charge >= 0.3 is 5.97 Å². The Morgan fingerprint density at radius 1 is 0.808 bits per heavy atom. The van der Waals surface area contributed by atoms with Crippen LogP contribution in [-0.4, -0.2) is 19.4 Å². The predicted octanol–water partition coefficient (Wildman–Crippen LogP) is 6.67. The third-order valence-corrected chi connectivity index (χ3v) is 3.84. The summed E-state index contributed by atoms with van der Waals surface area (Å²) in [5.41, 5.74) is 0. The van der Waals surface area contributed by atoms with Crippen LogP contribution in [0.4, 0.5) is 0 Å². The minimum atomic E-state index is -0.459. The molecule has 0 aromatic heterocycles. The molecule has 0 aliphatic heterocycles. The molecule has 0 heterocycles. The molecule has 0 aromatic rings. The third-order valence-electron chi connectivity index (χ3n) is 3.84. The van der Waals surface area contributed by atoms with Crippen LogP contribution in [0.25, 0.3) is 0 Å². The number of allylic oxidation sites excluding steroid dienone is 8. The second-order valence-electron chi connectivity index (χ2n) is 6.27. The van der Waals surface area contributed by atoms with E-state index in [2.05, 4.69) is 55.5 Å². The first-order chi connectivity index (χ1) is 12.7. The molecule has 3 nitrogen and oxygen atoms in total. The maximum absolute atomic E-state index is 11.4. The van der Waals surface area contributed by atoms with E-state index >= 15 is 0 Å². The molecule has 0 amide bonds. The molecule has 26 heavy (non-hydrogen) atoms. The molecule has 0 fully saturated rings. The Balaban J connectivity index is 3.50. The van der Waals surface area contributed by atoms with Gasteiger partial charge in [0.15, 0.2) is 6.29 Å². The second-order valence-corrected chi connectivity index (χ2v) is 6.27. The molecule has 0 aromatic carbocycles. The summed E-state index contributed by atoms with van der Waals surface area (Å²) in [4.78, 5) is 11.4. The Kier molecular flexibility index (Phi) is 18.5. The van der Waals surface area contributed by atoms with Crippen molar-refractivity contribution in [3.05, 3.63) is 48.6 Å². The Hall–Kier alpha value is -1.61. The van der Waals surface area contributed by atoms with Gasteiger partial charge in [-0.15, -0.1) is 0 Å². The molecule has 0 bridgehead atoms. The molecule has 0 spiro atoms. The smallest absolute Gasteiger partial charge is 0.308 e. The van der Waals surface area contributed by atoms with Crippen molar-refractivity contribution in [2.24, 2.45) is 0 Å². The highest BCUT2D eigenvalue weighted by Crippen LogP contribution is 2.03. The predicted molar refractivity (Wildman–Crippen MR) is 111 cm³/mol. The van der Waals surface area contributed by atoms with Gasteiger partial charge in [0.05, 0.1) is 0 Å². The fourth-order valence-corrected chi connectivity index (χ4v) is 2.22. The van der Waals surface area contributed by atoms with Gasteiger partial charge in [-0.3, -0.25) is 4.79 Å². The zero-order valence-electron chi connectivity index (χ0n) is 17.0. The normalized spacial score (nSPS) is 13.5. The molecular weight excluding hydrogens is 324 g/mol. The summed E-state index contributed by atoms with van der Waals surface area (Å²) in [6, 6.07) is 0. The molecule has 0 saturated heterocycles. The summed E-state index contributed by atoms with van der Waals surface area (Å²) < 4.78 is 9.91. The van der Waals surface area contributed by atoms with Gasteiger partial charge < -0.3 is 9.47 Å². The summed E-state index contributed by atoms with van der Waals surface area (Å²) in [6.07, 6.45) is 27.4. The Morgan fingerprint density at radius 3 is 1.81 bits per heavy atom. The molecule has 148 valence electrons. The van der Waals surface area contributed by atoms with Crippen LogP contribution >= 0.6 is 0 Å². The van der Waals surface area contributed by atoms with E-state index in [0.29, 0.717) is 6.42 Å². The van der Waals surface area contributed by atoms with E-state index in [-0.39, 0.29) is 5.97 Å². The summed E-state index contributed by atoms with van der Waals surface area (Å²) in [5, 5.41) is 0. The maximum atomic E-state index is 11.4. The zero-order valence-corrected chi connectivity index (χ0v) is 17.0. The van der Waals surface area contributed by atoms with Crippen molar-refractivity contribution < 1.29 is 14.3 Å². The molecular formula is C23H38O3. The van der Waals surface area contributed by atoms with Crippen molar-refractivity contribution in [3.8, 4) is 0 Å². The molecule has 0 aliphatic rings. The first kappa shape index (κ1) is 24.4. The van der Waals surface area contributed by atoms with Crippen molar-refractivity contribution >= 4 is 5.97 Å². The molecule has 0 aliphatic carbocycles. The first-order valence-electron chi connectivity index (χ1n) is 10.0. The molecule has 0 saturated carbocycles. The second kappa shape index (κ2) is 19.7. The van der Waals surface area contributed by atoms with Crippen LogP contribution < -0.4 is 0 Å². The monoisotopic (exact) mass is 362 g/mol. The summed E-state index contributed by atoms with van der Waals surface area (Å²) in [6.45, 7) is 3.95. The van der Waals surface area contributed by atoms with E-state index in [1.807, 2.05) is 0 Å². The lowest BCUT2D eigenvalue weighted by atomic mass is 10.2. The van der Waals surface area contributed by atoms with Crippen molar-refractivity contribution in [2.45, 2.75) is 84.3 Å². The molecule has 1 atom stereocenters. The van der Waals surface area contributed by atoms with Gasteiger partial charge in [-0.05, 0) is 51.9 Å². The van der Waals surface area contributed by atoms with E-state index in [4.69, 9.17) is 9.47 Å². The van der Waals surface area contributed by atoms with Crippen LogP contribution in [0.3, 0.4) is 0 Å². The van der Waals surface area contributed by atoms with Crippen LogP contribution in [0.15, 0.2) is 48.6 Å². The lowest BCUT2D eigenvalue weighted by Gasteiger charge is -2.10. The number of hydrogen-bond donors (Lipinski definition) is 0. The van der Waals surface area contributed by atoms with Crippen molar-refractivity contribution in [2.75, 3.05) is 7.11 Å². The Morgan fingerprint density at radius 2 is 1.31 bits per heavy atom. The highest BCUT2D eigenvalue weighted by Gasteiger charge is 2.06. The minimum absolute atomic E-state index is 0.199. The number of carbonyl (C=O) groups is 1. The van der Waals surface area contributed by atoms with Gasteiger partial charge in [-0.2, -0.15) is 0 Å². The summed E-state index contributed by atoms with van der Waals surface area (Å²) in [5.74, 6) is -0.199. The van der Waals surface area contributed by atoms with Gasteiger partial charge in [0.2, 0.25) is 0 Å². The van der Waals surface area contributed by atoms with E-state index < -0.39 is 6.29 Å². The summed E-state index contributed by atoms with van der Waals surface area (Å²) in [7, 11) is 1.52. The van der Waals surface area contributed by atoms with Crippen LogP contribution in [0, 0.1) is 0 Å². The van der Waals surface area contributed by atoms with E-state index in [0.717, 1.165) is 32.1 Å². The molecule has 0 rings (SSSR count). The number of hydrogen-bond acceptors (Lipinski definition) is 3. The molecule has 0 radical (unpaired) electrons. The fourth-order valence-electron chi connectivity index (χ4n) is 2.22. The standard InChI is InChI=1S/C23H38O3/c1-4-5-6-7-8-9-10-11-12-13-14-15-16-17-18-19-20-21-23(24)26-22(2)25-3/h8-9,11-12,14-15,17-18,22H,4-7,10,13,16,19-21H2,1-3H3. The van der Waals surface area contributed by atoms with Gasteiger partial charge in [0.25, 0.3) is 0 Å². The minimum Gasteiger partial charge on any atom is -0.436 e. The average molecular weight is 363 g/mol. The number of ether oxygens (including phenoxy) is 2. The Bertz CT molecular complexity index is 433. The highest BCUT2D eigenvalue weighted by atomic mass is 16.7. The third kappa shape index (κ3) is 18.7. The highest BCUT2D eigenvalue weighted by molar-refractivity contribution is 5.69. The lowest BCUT2D eigenvalue weighted by molar-refractivity contribution is -0.169. The maximum Gasteiger partial charge on any atom is 0.308 e. The Labute approximate surface area is 160 Å². The van der Waals surface area contributed by atoms with E-state index in [1.165, 1.54) is 32.8 Å². The van der Waals surface area contributed by atoms with Crippen molar-refractivity contribution in [1.82, 2.24) is 0 Å². The lowest BCUT2D eigenvalue weighted by Crippen LogP contribution is -2.15. The number of methoxy groups -OCH3 is 1. The quantitative estimate of drug-likeness (QED) is 0.133. The van der Waals surface area contributed by atoms with Gasteiger partial charge in [-0.25, -0.2) is 0 Å². The SMILES string of the molecule is CCCCCC=CCC=CCC=CCC=CCCCC(=O)OC(C)OC. The fraction of sp³-hybridized carbons (Fsp3) is 0.609. The van der Waals surface area contributed by atoms with Crippen LogP contribution in [0.5, 0.6) is 0 Å². The van der Waals surface area contributed by atoms with Gasteiger partial charge in [0, 0.05) is 13.5 Å². The topological polar surface area (TPSA) is 35.5 Å². The number of carbonyl (C=O) groups excluding carboxylic acids is 1. The van der Waals surface area contributed by atoms with E-state index in [9.17, 15) is 4.79 Å².